The van der Waals surface area contributed by atoms with Crippen LogP contribution in [0, 0.1) is 11.6 Å². The first-order chi connectivity index (χ1) is 12.8. The Balaban J connectivity index is 1.52. The van der Waals surface area contributed by atoms with Gasteiger partial charge in [0.05, 0.1) is 9.60 Å². The molecule has 1 saturated heterocycles. The van der Waals surface area contributed by atoms with Crippen molar-refractivity contribution in [2.45, 2.75) is 4.90 Å². The van der Waals surface area contributed by atoms with E-state index in [1.54, 1.807) is 12.1 Å². The van der Waals surface area contributed by atoms with Gasteiger partial charge in [-0.15, -0.1) is 0 Å². The molecule has 0 radical (unpaired) electrons. The van der Waals surface area contributed by atoms with Crippen LogP contribution in [0.15, 0.2) is 41.3 Å². The van der Waals surface area contributed by atoms with Gasteiger partial charge in [-0.2, -0.15) is 4.31 Å². The van der Waals surface area contributed by atoms with Gasteiger partial charge in [0.2, 0.25) is 10.0 Å². The van der Waals surface area contributed by atoms with Crippen LogP contribution in [0.3, 0.4) is 0 Å². The van der Waals surface area contributed by atoms with E-state index in [9.17, 15) is 17.2 Å². The van der Waals surface area contributed by atoms with Crippen molar-refractivity contribution in [1.82, 2.24) is 9.29 Å². The first kappa shape index (κ1) is 18.5. The van der Waals surface area contributed by atoms with E-state index in [1.165, 1.54) is 33.8 Å². The predicted octanol–water partition coefficient (Wildman–Crippen LogP) is 3.74. The van der Waals surface area contributed by atoms with Gasteiger partial charge in [-0.05, 0) is 30.3 Å². The molecule has 0 atom stereocenters. The Morgan fingerprint density at radius 3 is 2.37 bits per heavy atom. The van der Waals surface area contributed by atoms with Crippen molar-refractivity contribution in [3.05, 3.63) is 53.1 Å². The highest BCUT2D eigenvalue weighted by Crippen LogP contribution is 2.32. The Morgan fingerprint density at radius 1 is 1.04 bits per heavy atom. The molecule has 0 N–H and O–H groups in total. The number of anilines is 1. The SMILES string of the molecule is O=S(=O)(c1ccc(Cl)cc1)N1CCN(c2nc3c(F)cc(F)cc3s2)CC1. The molecule has 0 bridgehead atoms. The number of halogens is 3. The molecule has 27 heavy (non-hydrogen) atoms. The largest absolute Gasteiger partial charge is 0.345 e. The van der Waals surface area contributed by atoms with Crippen molar-refractivity contribution < 1.29 is 17.2 Å². The van der Waals surface area contributed by atoms with Gasteiger partial charge in [0.15, 0.2) is 10.9 Å². The minimum Gasteiger partial charge on any atom is -0.345 e. The maximum atomic E-state index is 13.9. The van der Waals surface area contributed by atoms with E-state index in [4.69, 9.17) is 11.6 Å². The predicted molar refractivity (Wildman–Crippen MR) is 102 cm³/mol. The first-order valence-electron chi connectivity index (χ1n) is 8.11. The summed E-state index contributed by atoms with van der Waals surface area (Å²) in [7, 11) is -3.60. The van der Waals surface area contributed by atoms with Gasteiger partial charge in [-0.1, -0.05) is 22.9 Å². The first-order valence-corrected chi connectivity index (χ1v) is 10.7. The maximum Gasteiger partial charge on any atom is 0.243 e. The van der Waals surface area contributed by atoms with E-state index in [0.29, 0.717) is 27.9 Å². The summed E-state index contributed by atoms with van der Waals surface area (Å²) in [6, 6.07) is 8.10. The van der Waals surface area contributed by atoms with Crippen molar-refractivity contribution in [3.63, 3.8) is 0 Å². The summed E-state index contributed by atoms with van der Waals surface area (Å²) < 4.78 is 54.5. The van der Waals surface area contributed by atoms with Crippen molar-refractivity contribution in [2.24, 2.45) is 0 Å². The highest BCUT2D eigenvalue weighted by molar-refractivity contribution is 7.89. The lowest BCUT2D eigenvalue weighted by molar-refractivity contribution is 0.385. The molecule has 0 spiro atoms. The van der Waals surface area contributed by atoms with Gasteiger partial charge in [0.25, 0.3) is 0 Å². The summed E-state index contributed by atoms with van der Waals surface area (Å²) in [6.45, 7) is 1.38. The average molecular weight is 430 g/mol. The molecule has 0 saturated carbocycles. The Bertz CT molecular complexity index is 1100. The molecule has 1 aromatic heterocycles. The standard InChI is InChI=1S/C17H14ClF2N3O2S2/c18-11-1-3-13(4-2-11)27(24,25)23-7-5-22(6-8-23)17-21-16-14(20)9-12(19)10-15(16)26-17/h1-4,9-10H,5-8H2. The van der Waals surface area contributed by atoms with Crippen LogP contribution in [0.4, 0.5) is 13.9 Å². The fourth-order valence-corrected chi connectivity index (χ4v) is 5.56. The third kappa shape index (κ3) is 3.52. The van der Waals surface area contributed by atoms with Crippen LogP contribution in [-0.2, 0) is 10.0 Å². The number of piperazine rings is 1. The van der Waals surface area contributed by atoms with Crippen molar-refractivity contribution in [3.8, 4) is 0 Å². The number of sulfonamides is 1. The minimum atomic E-state index is -3.60. The molecule has 1 fully saturated rings. The fraction of sp³-hybridized carbons (Fsp3) is 0.235. The summed E-state index contributed by atoms with van der Waals surface area (Å²) in [4.78, 5) is 6.33. The van der Waals surface area contributed by atoms with Gasteiger partial charge in [0, 0.05) is 37.3 Å². The zero-order chi connectivity index (χ0) is 19.2. The molecule has 0 aliphatic carbocycles. The maximum absolute atomic E-state index is 13.9. The van der Waals surface area contributed by atoms with E-state index in [0.717, 1.165) is 6.07 Å². The van der Waals surface area contributed by atoms with Crippen LogP contribution >= 0.6 is 22.9 Å². The molecule has 1 aliphatic heterocycles. The van der Waals surface area contributed by atoms with Crippen LogP contribution in [0.2, 0.25) is 5.02 Å². The number of thiazole rings is 1. The van der Waals surface area contributed by atoms with E-state index in [-0.39, 0.29) is 23.5 Å². The quantitative estimate of drug-likeness (QED) is 0.636. The third-order valence-corrected chi connectivity index (χ3v) is 7.59. The summed E-state index contributed by atoms with van der Waals surface area (Å²) in [5.41, 5.74) is 0.132. The van der Waals surface area contributed by atoms with Crippen molar-refractivity contribution in [1.29, 1.82) is 0 Å². The second-order valence-corrected chi connectivity index (χ2v) is 9.46. The van der Waals surface area contributed by atoms with Crippen LogP contribution in [-0.4, -0.2) is 43.9 Å². The fourth-order valence-electron chi connectivity index (χ4n) is 2.96. The minimum absolute atomic E-state index is 0.132. The van der Waals surface area contributed by atoms with Crippen molar-refractivity contribution in [2.75, 3.05) is 31.1 Å². The molecular formula is C17H14ClF2N3O2S2. The van der Waals surface area contributed by atoms with Crippen LogP contribution < -0.4 is 4.90 Å². The zero-order valence-corrected chi connectivity index (χ0v) is 16.3. The third-order valence-electron chi connectivity index (χ3n) is 4.36. The van der Waals surface area contributed by atoms with Crippen LogP contribution in [0.25, 0.3) is 10.2 Å². The molecule has 10 heteroatoms. The number of hydrogen-bond donors (Lipinski definition) is 0. The molecule has 2 aromatic carbocycles. The Kier molecular flexibility index (Phi) is 4.79. The van der Waals surface area contributed by atoms with E-state index in [1.807, 2.05) is 4.90 Å². The lowest BCUT2D eigenvalue weighted by Crippen LogP contribution is -2.48. The molecule has 1 aliphatic rings. The molecule has 4 rings (SSSR count). The van der Waals surface area contributed by atoms with Gasteiger partial charge in [0.1, 0.15) is 11.3 Å². The van der Waals surface area contributed by atoms with Crippen LogP contribution in [0.5, 0.6) is 0 Å². The van der Waals surface area contributed by atoms with E-state index >= 15 is 0 Å². The van der Waals surface area contributed by atoms with E-state index < -0.39 is 21.7 Å². The van der Waals surface area contributed by atoms with Gasteiger partial charge in [-0.3, -0.25) is 0 Å². The van der Waals surface area contributed by atoms with Crippen molar-refractivity contribution >= 4 is 48.3 Å². The second-order valence-electron chi connectivity index (χ2n) is 6.08. The number of nitrogens with zero attached hydrogens (tertiary/aromatic N) is 3. The smallest absolute Gasteiger partial charge is 0.243 e. The lowest BCUT2D eigenvalue weighted by Gasteiger charge is -2.33. The number of aromatic nitrogens is 1. The Labute approximate surface area is 163 Å². The molecule has 0 amide bonds. The summed E-state index contributed by atoms with van der Waals surface area (Å²) in [5.74, 6) is -1.34. The number of rotatable bonds is 3. The number of hydrogen-bond acceptors (Lipinski definition) is 5. The number of fused-ring (bicyclic) bond motifs is 1. The van der Waals surface area contributed by atoms with Crippen LogP contribution in [0.1, 0.15) is 0 Å². The summed E-state index contributed by atoms with van der Waals surface area (Å²) in [6.07, 6.45) is 0. The summed E-state index contributed by atoms with van der Waals surface area (Å²) >= 11 is 7.01. The molecular weight excluding hydrogens is 416 g/mol. The number of benzene rings is 2. The summed E-state index contributed by atoms with van der Waals surface area (Å²) in [5, 5.41) is 1.02. The van der Waals surface area contributed by atoms with E-state index in [2.05, 4.69) is 4.98 Å². The molecule has 0 unspecified atom stereocenters. The second kappa shape index (κ2) is 6.97. The Hall–Kier alpha value is -1.81. The molecule has 2 heterocycles. The highest BCUT2D eigenvalue weighted by Gasteiger charge is 2.29. The zero-order valence-electron chi connectivity index (χ0n) is 13.9. The van der Waals surface area contributed by atoms with Gasteiger partial charge in [-0.25, -0.2) is 22.2 Å². The average Bonchev–Trinajstić information content (AvgIpc) is 3.06. The topological polar surface area (TPSA) is 53.5 Å². The molecule has 5 nitrogen and oxygen atoms in total. The lowest BCUT2D eigenvalue weighted by atomic mass is 10.3. The van der Waals surface area contributed by atoms with Gasteiger partial charge < -0.3 is 4.90 Å². The monoisotopic (exact) mass is 429 g/mol. The normalized spacial score (nSPS) is 16.2. The Morgan fingerprint density at radius 2 is 1.70 bits per heavy atom. The molecule has 142 valence electrons. The van der Waals surface area contributed by atoms with Gasteiger partial charge >= 0.3 is 0 Å². The molecule has 3 aromatic rings. The highest BCUT2D eigenvalue weighted by atomic mass is 35.5.